The number of carbonyl (C=O) groups excluding carboxylic acids is 2. The molecule has 27 heavy (non-hydrogen) atoms. The topological polar surface area (TPSA) is 131 Å². The number of aliphatic hydroxyl groups excluding tert-OH is 1. The van der Waals surface area contributed by atoms with Crippen LogP contribution in [0.25, 0.3) is 0 Å². The number of hydrogen-bond donors (Lipinski definition) is 3. The molecule has 9 heteroatoms. The molecule has 2 aromatic rings. The number of nitrogens with two attached hydrogens (primary N) is 1. The molecule has 1 fully saturated rings. The molecule has 2 amide bonds. The molecule has 0 spiro atoms. The first kappa shape index (κ1) is 19.0. The van der Waals surface area contributed by atoms with Gasteiger partial charge in [-0.25, -0.2) is 0 Å². The normalized spacial score (nSPS) is 20.0. The molecule has 3 rings (SSSR count). The summed E-state index contributed by atoms with van der Waals surface area (Å²) in [5, 5.41) is 16.2. The van der Waals surface area contributed by atoms with E-state index in [1.54, 1.807) is 42.2 Å². The first-order valence-corrected chi connectivity index (χ1v) is 8.60. The fraction of sp³-hybridized carbons (Fsp3) is 0.389. The molecule has 2 heterocycles. The Kier molecular flexibility index (Phi) is 5.84. The highest BCUT2D eigenvalue weighted by Gasteiger charge is 2.36. The van der Waals surface area contributed by atoms with Gasteiger partial charge < -0.3 is 30.3 Å². The third kappa shape index (κ3) is 4.16. The molecule has 1 aromatic carbocycles. The molecular weight excluding hydrogens is 352 g/mol. The molecule has 0 aliphatic carbocycles. The van der Waals surface area contributed by atoms with Gasteiger partial charge in [0.2, 0.25) is 5.91 Å². The van der Waals surface area contributed by atoms with Crippen molar-refractivity contribution in [3.63, 3.8) is 0 Å². The highest BCUT2D eigenvalue weighted by molar-refractivity contribution is 6.02. The van der Waals surface area contributed by atoms with Crippen molar-refractivity contribution < 1.29 is 24.0 Å². The van der Waals surface area contributed by atoms with Gasteiger partial charge in [0, 0.05) is 24.8 Å². The van der Waals surface area contributed by atoms with E-state index < -0.39 is 12.1 Å². The molecular formula is C18H22N4O5. The monoisotopic (exact) mass is 374 g/mol. The Hall–Kier alpha value is -2.75. The van der Waals surface area contributed by atoms with Crippen LogP contribution in [0.5, 0.6) is 0 Å². The molecule has 2 unspecified atom stereocenters. The van der Waals surface area contributed by atoms with E-state index in [0.29, 0.717) is 24.5 Å². The van der Waals surface area contributed by atoms with Crippen molar-refractivity contribution in [1.29, 1.82) is 0 Å². The van der Waals surface area contributed by atoms with Gasteiger partial charge in [-0.1, -0.05) is 17.3 Å². The van der Waals surface area contributed by atoms with Crippen LogP contribution in [0.15, 0.2) is 34.9 Å². The van der Waals surface area contributed by atoms with Crippen LogP contribution >= 0.6 is 0 Å². The van der Waals surface area contributed by atoms with E-state index in [-0.39, 0.29) is 30.7 Å². The third-order valence-corrected chi connectivity index (χ3v) is 4.37. The Labute approximate surface area is 156 Å². The van der Waals surface area contributed by atoms with Gasteiger partial charge in [-0.15, -0.1) is 0 Å². The number of aryl methyl sites for hydroxylation is 1. The summed E-state index contributed by atoms with van der Waals surface area (Å²) in [4.78, 5) is 25.7. The lowest BCUT2D eigenvalue weighted by atomic mass is 9.99. The van der Waals surface area contributed by atoms with E-state index in [1.807, 2.05) is 0 Å². The molecule has 9 nitrogen and oxygen atoms in total. The largest absolute Gasteiger partial charge is 0.394 e. The van der Waals surface area contributed by atoms with Gasteiger partial charge >= 0.3 is 0 Å². The minimum Gasteiger partial charge on any atom is -0.394 e. The summed E-state index contributed by atoms with van der Waals surface area (Å²) in [5.41, 5.74) is 7.14. The number of hydrogen-bond acceptors (Lipinski definition) is 7. The van der Waals surface area contributed by atoms with Crippen LogP contribution in [0.4, 0.5) is 5.69 Å². The minimum absolute atomic E-state index is 0.0643. The number of nitrogens with one attached hydrogen (secondary N) is 1. The van der Waals surface area contributed by atoms with E-state index in [9.17, 15) is 14.7 Å². The second-order valence-corrected chi connectivity index (χ2v) is 6.26. The van der Waals surface area contributed by atoms with Gasteiger partial charge in [-0.05, 0) is 24.6 Å². The minimum atomic E-state index is -0.506. The Morgan fingerprint density at radius 2 is 2.15 bits per heavy atom. The maximum Gasteiger partial charge on any atom is 0.277 e. The average Bonchev–Trinajstić information content (AvgIpc) is 3.11. The van der Waals surface area contributed by atoms with E-state index in [4.69, 9.17) is 15.0 Å². The van der Waals surface area contributed by atoms with Crippen molar-refractivity contribution in [3.05, 3.63) is 47.3 Å². The number of benzene rings is 1. The lowest BCUT2D eigenvalue weighted by molar-refractivity contribution is -0.160. The molecule has 0 bridgehead atoms. The molecule has 1 aromatic heterocycles. The summed E-state index contributed by atoms with van der Waals surface area (Å²) < 4.78 is 10.5. The zero-order valence-corrected chi connectivity index (χ0v) is 14.9. The molecule has 4 N–H and O–H groups in total. The molecule has 1 saturated heterocycles. The first-order valence-electron chi connectivity index (χ1n) is 8.60. The number of morpholine rings is 1. The first-order chi connectivity index (χ1) is 13.0. The smallest absolute Gasteiger partial charge is 0.277 e. The summed E-state index contributed by atoms with van der Waals surface area (Å²) in [6.45, 7) is 2.07. The number of aliphatic hydroxyl groups is 1. The van der Waals surface area contributed by atoms with E-state index in [0.717, 1.165) is 5.56 Å². The van der Waals surface area contributed by atoms with Gasteiger partial charge in [-0.2, -0.15) is 0 Å². The fourth-order valence-electron chi connectivity index (χ4n) is 3.07. The van der Waals surface area contributed by atoms with Crippen molar-refractivity contribution in [2.75, 3.05) is 31.6 Å². The fourth-order valence-corrected chi connectivity index (χ4v) is 3.07. The summed E-state index contributed by atoms with van der Waals surface area (Å²) in [5.74, 6) is -0.0134. The number of nitrogens with zero attached hydrogens (tertiary/aromatic N) is 2. The lowest BCUT2D eigenvalue weighted by Gasteiger charge is -2.40. The van der Waals surface area contributed by atoms with Crippen molar-refractivity contribution in [1.82, 2.24) is 10.1 Å². The van der Waals surface area contributed by atoms with Crippen molar-refractivity contribution >= 4 is 17.5 Å². The number of amides is 2. The maximum absolute atomic E-state index is 12.1. The summed E-state index contributed by atoms with van der Waals surface area (Å²) in [7, 11) is 0. The molecule has 1 aliphatic rings. The van der Waals surface area contributed by atoms with Gasteiger partial charge in [0.25, 0.3) is 5.91 Å². The molecule has 0 saturated carbocycles. The number of carbonyl (C=O) groups is 2. The third-order valence-electron chi connectivity index (χ3n) is 4.37. The van der Waals surface area contributed by atoms with E-state index >= 15 is 0 Å². The van der Waals surface area contributed by atoms with E-state index in [1.165, 1.54) is 0 Å². The summed E-state index contributed by atoms with van der Waals surface area (Å²) in [6, 6.07) is 8.06. The molecule has 2 atom stereocenters. The standard InChI is InChI=1S/C18H22N4O5/c1-11-8-14(21-27-11)18(25)20-13-4-2-12(3-5-13)17-15(9-23)22(7-6-19)16(24)10-26-17/h2-5,8,15,17,23H,6-7,9-10,19H2,1H3,(H,20,25). The van der Waals surface area contributed by atoms with Crippen LogP contribution in [-0.2, 0) is 9.53 Å². The quantitative estimate of drug-likeness (QED) is 0.669. The van der Waals surface area contributed by atoms with Crippen molar-refractivity contribution in [2.24, 2.45) is 5.73 Å². The van der Waals surface area contributed by atoms with Crippen LogP contribution in [0.1, 0.15) is 27.9 Å². The second kappa shape index (κ2) is 8.30. The van der Waals surface area contributed by atoms with Crippen LogP contribution in [0, 0.1) is 6.92 Å². The lowest BCUT2D eigenvalue weighted by Crippen LogP contribution is -2.54. The van der Waals surface area contributed by atoms with Crippen molar-refractivity contribution in [3.8, 4) is 0 Å². The zero-order valence-electron chi connectivity index (χ0n) is 14.9. The van der Waals surface area contributed by atoms with Crippen molar-refractivity contribution in [2.45, 2.75) is 19.1 Å². The number of aromatic nitrogens is 1. The Morgan fingerprint density at radius 3 is 2.74 bits per heavy atom. The SMILES string of the molecule is Cc1cc(C(=O)Nc2ccc(C3OCC(=O)N(CCN)C3CO)cc2)no1. The highest BCUT2D eigenvalue weighted by Crippen LogP contribution is 2.29. The zero-order chi connectivity index (χ0) is 19.4. The number of rotatable bonds is 6. The summed E-state index contributed by atoms with van der Waals surface area (Å²) in [6.07, 6.45) is -0.470. The van der Waals surface area contributed by atoms with Gasteiger partial charge in [0.15, 0.2) is 5.69 Å². The average molecular weight is 374 g/mol. The van der Waals surface area contributed by atoms with E-state index in [2.05, 4.69) is 10.5 Å². The number of anilines is 1. The van der Waals surface area contributed by atoms with Crippen LogP contribution in [0.3, 0.4) is 0 Å². The van der Waals surface area contributed by atoms with Gasteiger partial charge in [-0.3, -0.25) is 9.59 Å². The predicted octanol–water partition coefficient (Wildman–Crippen LogP) is 0.455. The molecule has 144 valence electrons. The van der Waals surface area contributed by atoms with Gasteiger partial charge in [0.1, 0.15) is 18.5 Å². The van der Waals surface area contributed by atoms with Gasteiger partial charge in [0.05, 0.1) is 12.6 Å². The molecule has 0 radical (unpaired) electrons. The maximum atomic E-state index is 12.1. The molecule has 1 aliphatic heterocycles. The number of ether oxygens (including phenoxy) is 1. The second-order valence-electron chi connectivity index (χ2n) is 6.26. The van der Waals surface area contributed by atoms with Crippen LogP contribution in [-0.4, -0.2) is 59.3 Å². The Balaban J connectivity index is 1.72. The van der Waals surface area contributed by atoms with Crippen LogP contribution in [0.2, 0.25) is 0 Å². The Bertz CT molecular complexity index is 804. The Morgan fingerprint density at radius 1 is 1.41 bits per heavy atom. The van der Waals surface area contributed by atoms with Crippen LogP contribution < -0.4 is 11.1 Å². The highest BCUT2D eigenvalue weighted by atomic mass is 16.5. The predicted molar refractivity (Wildman–Crippen MR) is 96.0 cm³/mol. The summed E-state index contributed by atoms with van der Waals surface area (Å²) >= 11 is 0.